The number of Topliss-reactive ketones (excluding diaryl/α,β-unsaturated/α-hetero) is 1. The number of ketones is 1. The largest absolute Gasteiger partial charge is 0.507 e. The van der Waals surface area contributed by atoms with Crippen molar-refractivity contribution < 1.29 is 24.5 Å². The molecule has 0 aliphatic carbocycles. The molecule has 0 saturated carbocycles. The number of nitro benzene ring substituents is 1. The van der Waals surface area contributed by atoms with E-state index in [0.717, 1.165) is 0 Å². The fourth-order valence-corrected chi connectivity index (χ4v) is 2.97. The zero-order valence-corrected chi connectivity index (χ0v) is 15.1. The molecule has 0 atom stereocenters. The predicted molar refractivity (Wildman–Crippen MR) is 99.8 cm³/mol. The fraction of sp³-hybridized carbons (Fsp3) is 0.150. The maximum absolute atomic E-state index is 12.7. The number of phenolic OH excluding ortho intramolecular Hbond substituents is 1. The van der Waals surface area contributed by atoms with Crippen molar-refractivity contribution in [2.24, 2.45) is 0 Å². The number of rotatable bonds is 6. The lowest BCUT2D eigenvalue weighted by Gasteiger charge is -2.15. The second-order valence-electron chi connectivity index (χ2n) is 6.32. The van der Waals surface area contributed by atoms with Crippen molar-refractivity contribution in [2.75, 3.05) is 13.1 Å². The van der Waals surface area contributed by atoms with Crippen LogP contribution in [0.5, 0.6) is 11.5 Å². The first-order valence-electron chi connectivity index (χ1n) is 8.55. The van der Waals surface area contributed by atoms with Crippen molar-refractivity contribution in [3.63, 3.8) is 0 Å². The molecule has 1 aliphatic heterocycles. The molecule has 0 fully saturated rings. The molecule has 0 saturated heterocycles. The molecule has 9 heteroatoms. The van der Waals surface area contributed by atoms with Gasteiger partial charge in [0.25, 0.3) is 5.69 Å². The number of hydrogen-bond donors (Lipinski definition) is 2. The van der Waals surface area contributed by atoms with Crippen LogP contribution in [0.2, 0.25) is 0 Å². The highest BCUT2D eigenvalue weighted by atomic mass is 16.6. The van der Waals surface area contributed by atoms with Crippen molar-refractivity contribution >= 4 is 17.5 Å². The van der Waals surface area contributed by atoms with E-state index in [1.165, 1.54) is 42.5 Å². The van der Waals surface area contributed by atoms with Gasteiger partial charge in [0.2, 0.25) is 5.78 Å². The predicted octanol–water partition coefficient (Wildman–Crippen LogP) is 1.35. The Labute approximate surface area is 165 Å². The molecule has 0 bridgehead atoms. The van der Waals surface area contributed by atoms with Gasteiger partial charge in [0, 0.05) is 12.1 Å². The lowest BCUT2D eigenvalue weighted by molar-refractivity contribution is -0.899. The molecule has 0 aromatic heterocycles. The molecule has 2 aromatic carbocycles. The molecule has 0 spiro atoms. The summed E-state index contributed by atoms with van der Waals surface area (Å²) in [6.07, 6.45) is 1.46. The van der Waals surface area contributed by atoms with Gasteiger partial charge in [-0.05, 0) is 35.9 Å². The van der Waals surface area contributed by atoms with Gasteiger partial charge in [-0.3, -0.25) is 14.9 Å². The lowest BCUT2D eigenvalue weighted by Crippen LogP contribution is -3.10. The Bertz CT molecular complexity index is 1080. The van der Waals surface area contributed by atoms with E-state index in [2.05, 4.69) is 0 Å². The van der Waals surface area contributed by atoms with Crippen LogP contribution in [-0.2, 0) is 6.54 Å². The lowest BCUT2D eigenvalue weighted by atomic mass is 10.0. The zero-order chi connectivity index (χ0) is 21.0. The molecule has 0 amide bonds. The molecule has 2 aromatic rings. The van der Waals surface area contributed by atoms with Gasteiger partial charge < -0.3 is 14.7 Å². The molecule has 0 unspecified atom stereocenters. The smallest absolute Gasteiger partial charge is 0.269 e. The van der Waals surface area contributed by atoms with E-state index in [1.807, 2.05) is 12.1 Å². The number of hydrogen-bond acceptors (Lipinski definition) is 7. The van der Waals surface area contributed by atoms with Crippen molar-refractivity contribution in [3.05, 3.63) is 69.0 Å². The number of phenols is 1. The number of allylic oxidation sites excluding steroid dienone is 1. The number of carbonyl (C=O) groups excluding carboxylic acids is 1. The first-order chi connectivity index (χ1) is 13.9. The summed E-state index contributed by atoms with van der Waals surface area (Å²) in [6.45, 7) is 0.237. The SMILES string of the molecule is N#CC[NH+](CC#N)Cc1c(O)ccc2c1O/C(=C\c1ccc([N+](=O)[O-])cc1)C2=O. The minimum absolute atomic E-state index is 0.0165. The van der Waals surface area contributed by atoms with Gasteiger partial charge in [-0.15, -0.1) is 0 Å². The van der Waals surface area contributed by atoms with Crippen LogP contribution in [0.1, 0.15) is 21.5 Å². The Balaban J connectivity index is 1.93. The third-order valence-corrected chi connectivity index (χ3v) is 4.40. The van der Waals surface area contributed by atoms with Crippen LogP contribution in [0.25, 0.3) is 6.08 Å². The monoisotopic (exact) mass is 391 g/mol. The first kappa shape index (κ1) is 19.5. The average molecular weight is 391 g/mol. The quantitative estimate of drug-likeness (QED) is 0.327. The third-order valence-electron chi connectivity index (χ3n) is 4.40. The standard InChI is InChI=1S/C20H14N4O5/c21-7-9-23(10-8-22)12-16-17(25)6-5-15-19(26)18(29-20(15)16)11-13-1-3-14(4-2-13)24(27)28/h1-6,11,25H,9-10,12H2/p+1/b18-11-. The van der Waals surface area contributed by atoms with E-state index in [9.17, 15) is 20.0 Å². The maximum atomic E-state index is 12.7. The van der Waals surface area contributed by atoms with Gasteiger partial charge in [-0.1, -0.05) is 0 Å². The normalized spacial score (nSPS) is 13.6. The summed E-state index contributed by atoms with van der Waals surface area (Å²) in [7, 11) is 0. The van der Waals surface area contributed by atoms with Crippen LogP contribution in [0.15, 0.2) is 42.2 Å². The molecule has 2 N–H and O–H groups in total. The third kappa shape index (κ3) is 4.05. The number of nitrogens with zero attached hydrogens (tertiary/aromatic N) is 3. The second-order valence-corrected chi connectivity index (χ2v) is 6.32. The number of benzene rings is 2. The first-order valence-corrected chi connectivity index (χ1v) is 8.55. The molecular formula is C20H15N4O5+. The average Bonchev–Trinajstić information content (AvgIpc) is 3.00. The number of nitro groups is 1. The number of carbonyl (C=O) groups is 1. The van der Waals surface area contributed by atoms with Gasteiger partial charge in [-0.25, -0.2) is 0 Å². The Hall–Kier alpha value is -4.21. The number of ether oxygens (including phenoxy) is 1. The van der Waals surface area contributed by atoms with Gasteiger partial charge in [-0.2, -0.15) is 10.5 Å². The van der Waals surface area contributed by atoms with E-state index in [0.29, 0.717) is 16.0 Å². The van der Waals surface area contributed by atoms with E-state index in [1.54, 1.807) is 0 Å². The van der Waals surface area contributed by atoms with Gasteiger partial charge in [0.1, 0.15) is 24.4 Å². The van der Waals surface area contributed by atoms with Crippen LogP contribution in [0.4, 0.5) is 5.69 Å². The molecule has 29 heavy (non-hydrogen) atoms. The highest BCUT2D eigenvalue weighted by Crippen LogP contribution is 2.39. The summed E-state index contributed by atoms with van der Waals surface area (Å²) in [4.78, 5) is 23.5. The van der Waals surface area contributed by atoms with Crippen LogP contribution in [0, 0.1) is 32.8 Å². The highest BCUT2D eigenvalue weighted by molar-refractivity contribution is 6.15. The van der Waals surface area contributed by atoms with E-state index >= 15 is 0 Å². The van der Waals surface area contributed by atoms with Crippen molar-refractivity contribution in [2.45, 2.75) is 6.54 Å². The molecular weight excluding hydrogens is 376 g/mol. The van der Waals surface area contributed by atoms with Crippen LogP contribution < -0.4 is 9.64 Å². The minimum atomic E-state index is -0.518. The number of non-ortho nitro benzene ring substituents is 1. The Kier molecular flexibility index (Phi) is 5.54. The summed E-state index contributed by atoms with van der Waals surface area (Å²) in [5.74, 6) is -0.275. The fourth-order valence-electron chi connectivity index (χ4n) is 2.97. The minimum Gasteiger partial charge on any atom is -0.507 e. The molecule has 1 aliphatic rings. The number of quaternary nitrogens is 1. The summed E-state index contributed by atoms with van der Waals surface area (Å²) in [5, 5.41) is 38.9. The Morgan fingerprint density at radius 3 is 2.38 bits per heavy atom. The summed E-state index contributed by atoms with van der Waals surface area (Å²) < 4.78 is 5.71. The van der Waals surface area contributed by atoms with Gasteiger partial charge in [0.05, 0.1) is 16.1 Å². The zero-order valence-electron chi connectivity index (χ0n) is 15.1. The molecule has 144 valence electrons. The summed E-state index contributed by atoms with van der Waals surface area (Å²) in [5.41, 5.74) is 1.07. The van der Waals surface area contributed by atoms with Gasteiger partial charge in [0.15, 0.2) is 24.6 Å². The number of aromatic hydroxyl groups is 1. The Morgan fingerprint density at radius 1 is 1.14 bits per heavy atom. The van der Waals surface area contributed by atoms with Gasteiger partial charge >= 0.3 is 0 Å². The maximum Gasteiger partial charge on any atom is 0.269 e. The van der Waals surface area contributed by atoms with Crippen LogP contribution in [-0.4, -0.2) is 28.9 Å². The molecule has 0 radical (unpaired) electrons. The number of nitriles is 2. The Morgan fingerprint density at radius 2 is 1.79 bits per heavy atom. The van der Waals surface area contributed by atoms with E-state index in [4.69, 9.17) is 15.3 Å². The van der Waals surface area contributed by atoms with Crippen molar-refractivity contribution in [1.29, 1.82) is 10.5 Å². The molecule has 3 rings (SSSR count). The van der Waals surface area contributed by atoms with Crippen LogP contribution >= 0.6 is 0 Å². The number of fused-ring (bicyclic) bond motifs is 1. The van der Waals surface area contributed by atoms with E-state index in [-0.39, 0.29) is 53.9 Å². The highest BCUT2D eigenvalue weighted by Gasteiger charge is 2.32. The van der Waals surface area contributed by atoms with E-state index < -0.39 is 4.92 Å². The van der Waals surface area contributed by atoms with Crippen LogP contribution in [0.3, 0.4) is 0 Å². The number of nitrogens with one attached hydrogen (secondary N) is 1. The summed E-state index contributed by atoms with van der Waals surface area (Å²) >= 11 is 0. The molecule has 1 heterocycles. The topological polar surface area (TPSA) is 142 Å². The molecule has 9 nitrogen and oxygen atoms in total. The second kappa shape index (κ2) is 8.21. The van der Waals surface area contributed by atoms with Crippen molar-refractivity contribution in [3.8, 4) is 23.6 Å². The van der Waals surface area contributed by atoms with Crippen molar-refractivity contribution in [1.82, 2.24) is 0 Å². The summed E-state index contributed by atoms with van der Waals surface area (Å²) in [6, 6.07) is 12.4.